The van der Waals surface area contributed by atoms with Gasteiger partial charge < -0.3 is 10.1 Å². The molecule has 0 unspecified atom stereocenters. The molecular formula is C13H12N7Ni+. The van der Waals surface area contributed by atoms with E-state index in [1.165, 1.54) is 6.33 Å². The maximum Gasteiger partial charge on any atom is 2.00 e. The van der Waals surface area contributed by atoms with Crippen LogP contribution in [0.3, 0.4) is 0 Å². The van der Waals surface area contributed by atoms with Gasteiger partial charge in [-0.15, -0.1) is 5.11 Å². The second kappa shape index (κ2) is 6.50. The molecule has 0 amide bonds. The Balaban J connectivity index is 0.00000161. The zero-order chi connectivity index (χ0) is 13.9. The van der Waals surface area contributed by atoms with Gasteiger partial charge in [-0.3, -0.25) is 9.98 Å². The van der Waals surface area contributed by atoms with E-state index in [0.717, 1.165) is 22.8 Å². The van der Waals surface area contributed by atoms with Crippen LogP contribution < -0.4 is 5.10 Å². The minimum Gasteiger partial charge on any atom is -0.408 e. The number of hydrogen-bond donors (Lipinski definition) is 0. The van der Waals surface area contributed by atoms with Crippen molar-refractivity contribution in [3.8, 4) is 0 Å². The Labute approximate surface area is 131 Å². The SMILES string of the molecule is CC1=Nc2ccccc2N=C(C)C1N=Nc1nc[n-]n1.[Ni+2]. The molecule has 0 N–H and O–H groups in total. The number of nitrogens with zero attached hydrogens (tertiary/aromatic N) is 7. The summed E-state index contributed by atoms with van der Waals surface area (Å²) in [5.41, 5.74) is 3.35. The molecule has 8 heteroatoms. The number of azo groups is 1. The number of aliphatic imine (C=N–C) groups is 2. The van der Waals surface area contributed by atoms with E-state index in [2.05, 4.69) is 35.4 Å². The van der Waals surface area contributed by atoms with Crippen LogP contribution in [0.25, 0.3) is 0 Å². The van der Waals surface area contributed by atoms with Gasteiger partial charge in [0.1, 0.15) is 6.04 Å². The van der Waals surface area contributed by atoms with Crippen molar-refractivity contribution >= 4 is 28.7 Å². The Morgan fingerprint density at radius 3 is 2.19 bits per heavy atom. The fourth-order valence-corrected chi connectivity index (χ4v) is 1.96. The molecule has 1 aliphatic rings. The smallest absolute Gasteiger partial charge is 0.408 e. The molecule has 2 aromatic rings. The predicted molar refractivity (Wildman–Crippen MR) is 75.6 cm³/mol. The summed E-state index contributed by atoms with van der Waals surface area (Å²) in [5, 5.41) is 15.5. The third-order valence-electron chi connectivity index (χ3n) is 2.90. The molecule has 2 heterocycles. The average molecular weight is 325 g/mol. The summed E-state index contributed by atoms with van der Waals surface area (Å²) in [4.78, 5) is 13.0. The topological polar surface area (TPSA) is 89.3 Å². The molecule has 1 aliphatic heterocycles. The second-order valence-electron chi connectivity index (χ2n) is 4.37. The minimum absolute atomic E-state index is 0. The first kappa shape index (κ1) is 15.2. The van der Waals surface area contributed by atoms with Crippen LogP contribution in [0.2, 0.25) is 0 Å². The van der Waals surface area contributed by atoms with Crippen molar-refractivity contribution in [1.29, 1.82) is 0 Å². The Kier molecular flexibility index (Phi) is 4.70. The van der Waals surface area contributed by atoms with E-state index in [1.807, 2.05) is 38.1 Å². The molecule has 0 radical (unpaired) electrons. The molecule has 0 saturated heterocycles. The Morgan fingerprint density at radius 2 is 1.67 bits per heavy atom. The first-order valence-corrected chi connectivity index (χ1v) is 6.14. The number of rotatable bonds is 2. The zero-order valence-electron chi connectivity index (χ0n) is 11.4. The first-order valence-electron chi connectivity index (χ1n) is 6.14. The van der Waals surface area contributed by atoms with E-state index in [4.69, 9.17) is 0 Å². The summed E-state index contributed by atoms with van der Waals surface area (Å²) in [6, 6.07) is 7.43. The molecule has 1 aromatic carbocycles. The van der Waals surface area contributed by atoms with E-state index < -0.39 is 0 Å². The van der Waals surface area contributed by atoms with Gasteiger partial charge in [-0.2, -0.15) is 5.11 Å². The van der Waals surface area contributed by atoms with E-state index in [9.17, 15) is 0 Å². The summed E-state index contributed by atoms with van der Waals surface area (Å²) in [6.07, 6.45) is 1.33. The van der Waals surface area contributed by atoms with Crippen LogP contribution in [0.5, 0.6) is 0 Å². The van der Waals surface area contributed by atoms with Gasteiger partial charge in [-0.1, -0.05) is 18.5 Å². The van der Waals surface area contributed by atoms with Gasteiger partial charge in [0.25, 0.3) is 0 Å². The van der Waals surface area contributed by atoms with Gasteiger partial charge in [0.2, 0.25) is 0 Å². The minimum atomic E-state index is -0.305. The maximum absolute atomic E-state index is 4.56. The summed E-state index contributed by atoms with van der Waals surface area (Å²) in [5.74, 6) is 0.243. The van der Waals surface area contributed by atoms with Crippen molar-refractivity contribution in [1.82, 2.24) is 15.2 Å². The molecule has 0 saturated carbocycles. The molecule has 0 spiro atoms. The van der Waals surface area contributed by atoms with Gasteiger partial charge in [0.05, 0.1) is 11.4 Å². The maximum atomic E-state index is 4.56. The molecule has 0 atom stereocenters. The van der Waals surface area contributed by atoms with Crippen molar-refractivity contribution in [3.05, 3.63) is 30.6 Å². The molecular weight excluding hydrogens is 313 g/mol. The molecule has 3 rings (SSSR count). The van der Waals surface area contributed by atoms with E-state index >= 15 is 0 Å². The van der Waals surface area contributed by atoms with Crippen LogP contribution in [0, 0.1) is 0 Å². The summed E-state index contributed by atoms with van der Waals surface area (Å²) >= 11 is 0. The largest absolute Gasteiger partial charge is 2.00 e. The Morgan fingerprint density at radius 1 is 1.05 bits per heavy atom. The van der Waals surface area contributed by atoms with Crippen molar-refractivity contribution in [2.24, 2.45) is 20.2 Å². The van der Waals surface area contributed by atoms with Crippen LogP contribution in [0.1, 0.15) is 13.8 Å². The molecule has 0 fully saturated rings. The Hall–Kier alpha value is -2.21. The summed E-state index contributed by atoms with van der Waals surface area (Å²) in [7, 11) is 0. The second-order valence-corrected chi connectivity index (χ2v) is 4.37. The summed E-state index contributed by atoms with van der Waals surface area (Å²) < 4.78 is 0. The third-order valence-corrected chi connectivity index (χ3v) is 2.90. The fourth-order valence-electron chi connectivity index (χ4n) is 1.96. The summed E-state index contributed by atoms with van der Waals surface area (Å²) in [6.45, 7) is 3.82. The standard InChI is InChI=1S/C13H12N7.Ni/c1-8-12(18-20-13-14-7-15-19-13)9(2)17-11-6-4-3-5-10(11)16-8;/h3-7,12H,1-2H3;/q-1;+2. The zero-order valence-corrected chi connectivity index (χ0v) is 12.4. The van der Waals surface area contributed by atoms with Gasteiger partial charge in [-0.05, 0) is 26.0 Å². The third kappa shape index (κ3) is 3.28. The quantitative estimate of drug-likeness (QED) is 0.628. The average Bonchev–Trinajstić information content (AvgIpc) is 2.90. The molecule has 0 bridgehead atoms. The number of fused-ring (bicyclic) bond motifs is 1. The monoisotopic (exact) mass is 324 g/mol. The van der Waals surface area contributed by atoms with Gasteiger partial charge in [0, 0.05) is 11.4 Å². The van der Waals surface area contributed by atoms with Crippen molar-refractivity contribution in [2.75, 3.05) is 0 Å². The number of hydrogen-bond acceptors (Lipinski definition) is 6. The molecule has 21 heavy (non-hydrogen) atoms. The predicted octanol–water partition coefficient (Wildman–Crippen LogP) is 2.78. The number of benzene rings is 1. The van der Waals surface area contributed by atoms with Crippen LogP contribution >= 0.6 is 0 Å². The van der Waals surface area contributed by atoms with E-state index in [-0.39, 0.29) is 28.5 Å². The van der Waals surface area contributed by atoms with E-state index in [0.29, 0.717) is 0 Å². The van der Waals surface area contributed by atoms with Gasteiger partial charge >= 0.3 is 16.5 Å². The normalized spacial score (nSPS) is 15.0. The van der Waals surface area contributed by atoms with Crippen LogP contribution in [-0.4, -0.2) is 27.5 Å². The van der Waals surface area contributed by atoms with Crippen LogP contribution in [0.4, 0.5) is 17.3 Å². The number of para-hydroxylation sites is 2. The van der Waals surface area contributed by atoms with Crippen molar-refractivity contribution in [3.63, 3.8) is 0 Å². The molecule has 0 aliphatic carbocycles. The fraction of sp³-hybridized carbons (Fsp3) is 0.231. The van der Waals surface area contributed by atoms with Gasteiger partial charge in [-0.25, -0.2) is 5.10 Å². The first-order chi connectivity index (χ1) is 9.74. The Bertz CT molecular complexity index is 664. The van der Waals surface area contributed by atoms with Crippen molar-refractivity contribution < 1.29 is 16.5 Å². The molecule has 108 valence electrons. The molecule has 1 aromatic heterocycles. The number of aromatic nitrogens is 3. The molecule has 7 nitrogen and oxygen atoms in total. The van der Waals surface area contributed by atoms with Crippen molar-refractivity contribution in [2.45, 2.75) is 19.9 Å². The van der Waals surface area contributed by atoms with Gasteiger partial charge in [0.15, 0.2) is 5.95 Å². The van der Waals surface area contributed by atoms with Crippen LogP contribution in [-0.2, 0) is 16.5 Å². The van der Waals surface area contributed by atoms with E-state index in [1.54, 1.807) is 0 Å². The van der Waals surface area contributed by atoms with Crippen LogP contribution in [0.15, 0.2) is 50.8 Å².